The molecule has 0 unspecified atom stereocenters. The highest BCUT2D eigenvalue weighted by atomic mass is 14.7. The lowest BCUT2D eigenvalue weighted by molar-refractivity contribution is 1.24. The van der Waals surface area contributed by atoms with E-state index in [1.165, 1.54) is 0 Å². The Morgan fingerprint density at radius 2 is 1.67 bits per heavy atom. The molecule has 0 heterocycles. The maximum Gasteiger partial charge on any atom is 0.0360 e. The Labute approximate surface area is 56.5 Å². The molecule has 0 fully saturated rings. The SMILES string of the molecule is CN=C(C)/C(C)=C(/C)N. The van der Waals surface area contributed by atoms with E-state index in [1.807, 2.05) is 20.8 Å². The minimum absolute atomic E-state index is 0.845. The fourth-order valence-electron chi connectivity index (χ4n) is 0.453. The van der Waals surface area contributed by atoms with E-state index >= 15 is 0 Å². The van der Waals surface area contributed by atoms with Gasteiger partial charge in [0.1, 0.15) is 0 Å². The first-order valence-corrected chi connectivity index (χ1v) is 2.96. The van der Waals surface area contributed by atoms with E-state index in [0.29, 0.717) is 0 Å². The van der Waals surface area contributed by atoms with Crippen molar-refractivity contribution in [1.82, 2.24) is 0 Å². The quantitative estimate of drug-likeness (QED) is 0.529. The van der Waals surface area contributed by atoms with Gasteiger partial charge in [0.2, 0.25) is 0 Å². The first-order chi connectivity index (χ1) is 4.09. The minimum Gasteiger partial charge on any atom is -0.402 e. The average Bonchev–Trinajstić information content (AvgIpc) is 1.84. The predicted octanol–water partition coefficient (Wildman–Crippen LogP) is 1.33. The highest BCUT2D eigenvalue weighted by Crippen LogP contribution is 1.98. The van der Waals surface area contributed by atoms with Crippen molar-refractivity contribution in [2.24, 2.45) is 10.7 Å². The summed E-state index contributed by atoms with van der Waals surface area (Å²) in [4.78, 5) is 3.99. The molecule has 0 aromatic carbocycles. The summed E-state index contributed by atoms with van der Waals surface area (Å²) in [5, 5.41) is 0. The first kappa shape index (κ1) is 8.21. The van der Waals surface area contributed by atoms with Crippen molar-refractivity contribution < 1.29 is 0 Å². The molecule has 0 amide bonds. The normalized spacial score (nSPS) is 15.3. The topological polar surface area (TPSA) is 38.4 Å². The molecular weight excluding hydrogens is 112 g/mol. The van der Waals surface area contributed by atoms with Crippen molar-refractivity contribution in [2.75, 3.05) is 7.05 Å². The molecule has 0 atom stereocenters. The second-order valence-corrected chi connectivity index (χ2v) is 2.12. The van der Waals surface area contributed by atoms with Gasteiger partial charge >= 0.3 is 0 Å². The number of rotatable bonds is 1. The summed E-state index contributed by atoms with van der Waals surface area (Å²) in [7, 11) is 1.77. The van der Waals surface area contributed by atoms with Gasteiger partial charge in [-0.15, -0.1) is 0 Å². The van der Waals surface area contributed by atoms with Crippen LogP contribution in [0.5, 0.6) is 0 Å². The molecule has 2 N–H and O–H groups in total. The van der Waals surface area contributed by atoms with Crippen LogP contribution in [0.3, 0.4) is 0 Å². The zero-order valence-corrected chi connectivity index (χ0v) is 6.52. The molecule has 0 rings (SSSR count). The Balaban J connectivity index is 4.40. The van der Waals surface area contributed by atoms with Crippen molar-refractivity contribution in [2.45, 2.75) is 20.8 Å². The van der Waals surface area contributed by atoms with Gasteiger partial charge in [0.25, 0.3) is 0 Å². The predicted molar refractivity (Wildman–Crippen MR) is 41.6 cm³/mol. The molecule has 0 aliphatic heterocycles. The van der Waals surface area contributed by atoms with Crippen LogP contribution in [-0.4, -0.2) is 12.8 Å². The van der Waals surface area contributed by atoms with Gasteiger partial charge in [0.05, 0.1) is 0 Å². The van der Waals surface area contributed by atoms with Crippen molar-refractivity contribution in [3.05, 3.63) is 11.3 Å². The van der Waals surface area contributed by atoms with Crippen molar-refractivity contribution in [3.8, 4) is 0 Å². The second kappa shape index (κ2) is 3.28. The van der Waals surface area contributed by atoms with Gasteiger partial charge in [-0.25, -0.2) is 0 Å². The van der Waals surface area contributed by atoms with Gasteiger partial charge in [-0.1, -0.05) is 0 Å². The maximum absolute atomic E-state index is 5.51. The molecule has 0 aliphatic rings. The number of nitrogens with zero attached hydrogens (tertiary/aromatic N) is 1. The molecule has 52 valence electrons. The Hall–Kier alpha value is -0.790. The number of allylic oxidation sites excluding steroid dienone is 2. The summed E-state index contributed by atoms with van der Waals surface area (Å²) >= 11 is 0. The summed E-state index contributed by atoms with van der Waals surface area (Å²) in [6, 6.07) is 0. The van der Waals surface area contributed by atoms with Gasteiger partial charge in [-0.3, -0.25) is 4.99 Å². The number of aliphatic imine (C=N–C) groups is 1. The summed E-state index contributed by atoms with van der Waals surface area (Å²) in [5.41, 5.74) is 8.45. The fraction of sp³-hybridized carbons (Fsp3) is 0.571. The highest BCUT2D eigenvalue weighted by Gasteiger charge is 1.93. The Kier molecular flexibility index (Phi) is 2.99. The molecule has 2 nitrogen and oxygen atoms in total. The van der Waals surface area contributed by atoms with Gasteiger partial charge in [0.15, 0.2) is 0 Å². The molecule has 0 aromatic heterocycles. The van der Waals surface area contributed by atoms with Crippen LogP contribution >= 0.6 is 0 Å². The first-order valence-electron chi connectivity index (χ1n) is 2.96. The molecule has 9 heavy (non-hydrogen) atoms. The molecular formula is C7H14N2. The standard InChI is InChI=1S/C7H14N2/c1-5(6(2)8)7(3)9-4/h8H2,1-4H3/b6-5-,9-7?. The van der Waals surface area contributed by atoms with Gasteiger partial charge in [-0.2, -0.15) is 0 Å². The third-order valence-corrected chi connectivity index (χ3v) is 1.47. The van der Waals surface area contributed by atoms with Gasteiger partial charge < -0.3 is 5.73 Å². The lowest BCUT2D eigenvalue weighted by Crippen LogP contribution is -2.02. The van der Waals surface area contributed by atoms with Crippen molar-refractivity contribution in [3.63, 3.8) is 0 Å². The third-order valence-electron chi connectivity index (χ3n) is 1.47. The second-order valence-electron chi connectivity index (χ2n) is 2.12. The monoisotopic (exact) mass is 126 g/mol. The van der Waals surface area contributed by atoms with E-state index in [9.17, 15) is 0 Å². The zero-order chi connectivity index (χ0) is 7.44. The smallest absolute Gasteiger partial charge is 0.0360 e. The summed E-state index contributed by atoms with van der Waals surface area (Å²) in [5.74, 6) is 0. The highest BCUT2D eigenvalue weighted by molar-refractivity contribution is 5.98. The Morgan fingerprint density at radius 1 is 1.22 bits per heavy atom. The minimum atomic E-state index is 0.845. The van der Waals surface area contributed by atoms with Crippen LogP contribution in [0.15, 0.2) is 16.3 Å². The average molecular weight is 126 g/mol. The van der Waals surface area contributed by atoms with Crippen LogP contribution in [0.4, 0.5) is 0 Å². The third kappa shape index (κ3) is 2.31. The van der Waals surface area contributed by atoms with Crippen LogP contribution in [0.2, 0.25) is 0 Å². The molecule has 2 heteroatoms. The van der Waals surface area contributed by atoms with E-state index in [4.69, 9.17) is 5.73 Å². The van der Waals surface area contributed by atoms with E-state index in [0.717, 1.165) is 17.0 Å². The molecule has 0 radical (unpaired) electrons. The molecule has 0 aliphatic carbocycles. The molecule has 0 aromatic rings. The van der Waals surface area contributed by atoms with Crippen molar-refractivity contribution in [1.29, 1.82) is 0 Å². The number of hydrogen-bond donors (Lipinski definition) is 1. The lowest BCUT2D eigenvalue weighted by Gasteiger charge is -1.99. The lowest BCUT2D eigenvalue weighted by atomic mass is 10.2. The van der Waals surface area contributed by atoms with Crippen LogP contribution in [-0.2, 0) is 0 Å². The summed E-state index contributed by atoms with van der Waals surface area (Å²) in [6.07, 6.45) is 0. The number of nitrogens with two attached hydrogens (primary N) is 1. The Bertz CT molecular complexity index is 150. The molecule has 0 bridgehead atoms. The van der Waals surface area contributed by atoms with Crippen molar-refractivity contribution >= 4 is 5.71 Å². The Morgan fingerprint density at radius 3 is 1.78 bits per heavy atom. The van der Waals surface area contributed by atoms with E-state index in [-0.39, 0.29) is 0 Å². The molecule has 0 saturated heterocycles. The summed E-state index contributed by atoms with van der Waals surface area (Å²) in [6.45, 7) is 5.80. The van der Waals surface area contributed by atoms with E-state index in [2.05, 4.69) is 4.99 Å². The van der Waals surface area contributed by atoms with Gasteiger partial charge in [-0.05, 0) is 26.3 Å². The summed E-state index contributed by atoms with van der Waals surface area (Å²) < 4.78 is 0. The van der Waals surface area contributed by atoms with Gasteiger partial charge in [0, 0.05) is 18.5 Å². The maximum atomic E-state index is 5.51. The molecule has 0 saturated carbocycles. The zero-order valence-electron chi connectivity index (χ0n) is 6.52. The van der Waals surface area contributed by atoms with Crippen LogP contribution in [0, 0.1) is 0 Å². The van der Waals surface area contributed by atoms with E-state index in [1.54, 1.807) is 7.05 Å². The van der Waals surface area contributed by atoms with E-state index < -0.39 is 0 Å². The molecule has 0 spiro atoms. The van der Waals surface area contributed by atoms with Crippen LogP contribution in [0.1, 0.15) is 20.8 Å². The van der Waals surface area contributed by atoms with Crippen LogP contribution in [0.25, 0.3) is 0 Å². The largest absolute Gasteiger partial charge is 0.402 e. The fourth-order valence-corrected chi connectivity index (χ4v) is 0.453. The number of hydrogen-bond acceptors (Lipinski definition) is 2. The van der Waals surface area contributed by atoms with Crippen LogP contribution < -0.4 is 5.73 Å².